The lowest BCUT2D eigenvalue weighted by Gasteiger charge is -2.32. The van der Waals surface area contributed by atoms with Gasteiger partial charge in [0.25, 0.3) is 0 Å². The van der Waals surface area contributed by atoms with Crippen molar-refractivity contribution in [3.05, 3.63) is 0 Å². The molecule has 4 heteroatoms. The first-order valence-electron chi connectivity index (χ1n) is 7.87. The van der Waals surface area contributed by atoms with Gasteiger partial charge in [-0.1, -0.05) is 19.3 Å². The van der Waals surface area contributed by atoms with Crippen LogP contribution >= 0.6 is 0 Å². The van der Waals surface area contributed by atoms with E-state index in [1.54, 1.807) is 0 Å². The van der Waals surface area contributed by atoms with Crippen molar-refractivity contribution < 1.29 is 4.79 Å². The van der Waals surface area contributed by atoms with E-state index in [1.807, 2.05) is 11.9 Å². The van der Waals surface area contributed by atoms with Gasteiger partial charge in [-0.25, -0.2) is 0 Å². The van der Waals surface area contributed by atoms with Crippen LogP contribution in [-0.4, -0.2) is 55.0 Å². The first-order chi connectivity index (χ1) is 9.15. The van der Waals surface area contributed by atoms with E-state index < -0.39 is 0 Å². The Morgan fingerprint density at radius 2 is 1.79 bits per heavy atom. The average molecular weight is 267 g/mol. The van der Waals surface area contributed by atoms with Gasteiger partial charge in [0.05, 0.1) is 6.54 Å². The molecule has 1 heterocycles. The van der Waals surface area contributed by atoms with E-state index in [1.165, 1.54) is 32.1 Å². The van der Waals surface area contributed by atoms with Gasteiger partial charge in [0, 0.05) is 32.7 Å². The van der Waals surface area contributed by atoms with Crippen LogP contribution in [0.2, 0.25) is 0 Å². The Kier molecular flexibility index (Phi) is 5.64. The predicted molar refractivity (Wildman–Crippen MR) is 77.9 cm³/mol. The minimum Gasteiger partial charge on any atom is -0.344 e. The maximum absolute atomic E-state index is 12.2. The lowest BCUT2D eigenvalue weighted by molar-refractivity contribution is -0.132. The molecule has 4 nitrogen and oxygen atoms in total. The summed E-state index contributed by atoms with van der Waals surface area (Å²) in [6.45, 7) is 3.48. The van der Waals surface area contributed by atoms with Crippen LogP contribution in [0.15, 0.2) is 0 Å². The normalized spacial score (nSPS) is 23.5. The Morgan fingerprint density at radius 3 is 2.42 bits per heavy atom. The van der Waals surface area contributed by atoms with Crippen LogP contribution < -0.4 is 5.73 Å². The highest BCUT2D eigenvalue weighted by Crippen LogP contribution is 2.24. The van der Waals surface area contributed by atoms with Crippen molar-refractivity contribution in [1.82, 2.24) is 9.80 Å². The second-order valence-corrected chi connectivity index (χ2v) is 6.39. The van der Waals surface area contributed by atoms with Crippen LogP contribution in [0.25, 0.3) is 0 Å². The molecular weight excluding hydrogens is 238 g/mol. The molecule has 0 unspecified atom stereocenters. The lowest BCUT2D eigenvalue weighted by Crippen LogP contribution is -2.45. The number of nitrogens with zero attached hydrogens (tertiary/aromatic N) is 2. The molecule has 1 aliphatic heterocycles. The zero-order valence-corrected chi connectivity index (χ0v) is 12.3. The van der Waals surface area contributed by atoms with Gasteiger partial charge in [0.15, 0.2) is 0 Å². The smallest absolute Gasteiger partial charge is 0.236 e. The first-order valence-corrected chi connectivity index (χ1v) is 7.87. The molecule has 0 spiro atoms. The first kappa shape index (κ1) is 14.8. The summed E-state index contributed by atoms with van der Waals surface area (Å²) in [4.78, 5) is 16.4. The number of hydrogen-bond donors (Lipinski definition) is 1. The number of amides is 1. The Morgan fingerprint density at radius 1 is 1.16 bits per heavy atom. The molecule has 110 valence electrons. The second-order valence-electron chi connectivity index (χ2n) is 6.39. The summed E-state index contributed by atoms with van der Waals surface area (Å²) in [7, 11) is 1.96. The summed E-state index contributed by atoms with van der Waals surface area (Å²) >= 11 is 0. The minimum atomic E-state index is 0.279. The van der Waals surface area contributed by atoms with Gasteiger partial charge in [-0.05, 0) is 31.6 Å². The Hall–Kier alpha value is -0.610. The van der Waals surface area contributed by atoms with Crippen LogP contribution in [0.1, 0.15) is 44.9 Å². The number of rotatable bonds is 4. The van der Waals surface area contributed by atoms with Crippen molar-refractivity contribution in [1.29, 1.82) is 0 Å². The molecule has 0 aromatic heterocycles. The molecule has 2 fully saturated rings. The van der Waals surface area contributed by atoms with Crippen molar-refractivity contribution in [2.75, 3.05) is 33.2 Å². The highest BCUT2D eigenvalue weighted by atomic mass is 16.2. The van der Waals surface area contributed by atoms with Crippen molar-refractivity contribution in [2.45, 2.75) is 51.0 Å². The average Bonchev–Trinajstić information content (AvgIpc) is 2.42. The van der Waals surface area contributed by atoms with Crippen molar-refractivity contribution in [3.63, 3.8) is 0 Å². The van der Waals surface area contributed by atoms with Crippen molar-refractivity contribution >= 4 is 5.91 Å². The van der Waals surface area contributed by atoms with E-state index in [-0.39, 0.29) is 5.91 Å². The molecule has 0 aromatic carbocycles. The minimum absolute atomic E-state index is 0.279. The number of nitrogens with two attached hydrogens (primary N) is 1. The lowest BCUT2D eigenvalue weighted by atomic mass is 9.89. The van der Waals surface area contributed by atoms with Gasteiger partial charge in [0.2, 0.25) is 5.91 Å². The molecule has 1 saturated carbocycles. The highest BCUT2D eigenvalue weighted by molar-refractivity contribution is 5.78. The highest BCUT2D eigenvalue weighted by Gasteiger charge is 2.22. The van der Waals surface area contributed by atoms with Crippen LogP contribution in [0.4, 0.5) is 0 Å². The molecular formula is C15H29N3O. The molecule has 0 radical (unpaired) electrons. The van der Waals surface area contributed by atoms with Gasteiger partial charge in [-0.15, -0.1) is 0 Å². The van der Waals surface area contributed by atoms with Gasteiger partial charge in [-0.3, -0.25) is 9.69 Å². The van der Waals surface area contributed by atoms with Crippen LogP contribution in [-0.2, 0) is 4.79 Å². The SMILES string of the molecule is CN(CC1CCCCC1)C(=O)CN1CCC(N)CC1. The fourth-order valence-electron chi connectivity index (χ4n) is 3.28. The molecule has 0 aromatic rings. The van der Waals surface area contributed by atoms with E-state index in [0.717, 1.165) is 38.4 Å². The van der Waals surface area contributed by atoms with E-state index in [2.05, 4.69) is 4.90 Å². The van der Waals surface area contributed by atoms with E-state index >= 15 is 0 Å². The summed E-state index contributed by atoms with van der Waals surface area (Å²) in [6.07, 6.45) is 8.72. The number of carbonyl (C=O) groups is 1. The Balaban J connectivity index is 1.69. The third-order valence-electron chi connectivity index (χ3n) is 4.67. The quantitative estimate of drug-likeness (QED) is 0.838. The van der Waals surface area contributed by atoms with Crippen molar-refractivity contribution in [3.8, 4) is 0 Å². The fourth-order valence-corrected chi connectivity index (χ4v) is 3.28. The summed E-state index contributed by atoms with van der Waals surface area (Å²) in [5.41, 5.74) is 5.89. The summed E-state index contributed by atoms with van der Waals surface area (Å²) in [5.74, 6) is 1.01. The molecule has 2 aliphatic rings. The maximum atomic E-state index is 12.2. The van der Waals surface area contributed by atoms with Crippen LogP contribution in [0, 0.1) is 5.92 Å². The molecule has 1 saturated heterocycles. The fraction of sp³-hybridized carbons (Fsp3) is 0.933. The number of piperidine rings is 1. The largest absolute Gasteiger partial charge is 0.344 e. The third kappa shape index (κ3) is 4.77. The van der Waals surface area contributed by atoms with Gasteiger partial charge in [0.1, 0.15) is 0 Å². The predicted octanol–water partition coefficient (Wildman–Crippen LogP) is 1.45. The molecule has 0 atom stereocenters. The maximum Gasteiger partial charge on any atom is 0.236 e. The monoisotopic (exact) mass is 267 g/mol. The van der Waals surface area contributed by atoms with E-state index in [4.69, 9.17) is 5.73 Å². The molecule has 1 amide bonds. The molecule has 0 bridgehead atoms. The number of carbonyl (C=O) groups excluding carboxylic acids is 1. The molecule has 1 aliphatic carbocycles. The van der Waals surface area contributed by atoms with Gasteiger partial charge >= 0.3 is 0 Å². The Labute approximate surface area is 117 Å². The van der Waals surface area contributed by atoms with Crippen LogP contribution in [0.5, 0.6) is 0 Å². The third-order valence-corrected chi connectivity index (χ3v) is 4.67. The Bertz CT molecular complexity index is 281. The topological polar surface area (TPSA) is 49.6 Å². The number of likely N-dealkylation sites (N-methyl/N-ethyl adjacent to an activating group) is 1. The van der Waals surface area contributed by atoms with E-state index in [9.17, 15) is 4.79 Å². The summed E-state index contributed by atoms with van der Waals surface area (Å²) in [6, 6.07) is 0.339. The zero-order valence-electron chi connectivity index (χ0n) is 12.3. The molecule has 19 heavy (non-hydrogen) atoms. The summed E-state index contributed by atoms with van der Waals surface area (Å²) < 4.78 is 0. The zero-order chi connectivity index (χ0) is 13.7. The van der Waals surface area contributed by atoms with Gasteiger partial charge < -0.3 is 10.6 Å². The van der Waals surface area contributed by atoms with Gasteiger partial charge in [-0.2, -0.15) is 0 Å². The number of hydrogen-bond acceptors (Lipinski definition) is 3. The molecule has 2 rings (SSSR count). The number of likely N-dealkylation sites (tertiary alicyclic amines) is 1. The van der Waals surface area contributed by atoms with Crippen LogP contribution in [0.3, 0.4) is 0 Å². The molecule has 2 N–H and O–H groups in total. The van der Waals surface area contributed by atoms with Crippen molar-refractivity contribution in [2.24, 2.45) is 11.7 Å². The summed E-state index contributed by atoms with van der Waals surface area (Å²) in [5, 5.41) is 0. The van der Waals surface area contributed by atoms with E-state index in [0.29, 0.717) is 12.6 Å². The standard InChI is InChI=1S/C15H29N3O/c1-17(11-13-5-3-2-4-6-13)15(19)12-18-9-7-14(16)8-10-18/h13-14H,2-12,16H2,1H3. The second kappa shape index (κ2) is 7.25.